The average Bonchev–Trinajstić information content (AvgIpc) is 2.48. The van der Waals surface area contributed by atoms with Crippen LogP contribution in [0.2, 0.25) is 0 Å². The van der Waals surface area contributed by atoms with Crippen molar-refractivity contribution in [2.24, 2.45) is 5.92 Å². The van der Waals surface area contributed by atoms with Crippen molar-refractivity contribution < 1.29 is 9.84 Å². The van der Waals surface area contributed by atoms with Gasteiger partial charge in [0.05, 0.1) is 7.11 Å². The van der Waals surface area contributed by atoms with Gasteiger partial charge in [0.1, 0.15) is 5.75 Å². The van der Waals surface area contributed by atoms with E-state index in [1.54, 1.807) is 7.11 Å². The van der Waals surface area contributed by atoms with E-state index in [1.165, 1.54) is 6.42 Å². The summed E-state index contributed by atoms with van der Waals surface area (Å²) < 4.78 is 5.32. The zero-order valence-corrected chi connectivity index (χ0v) is 11.6. The summed E-state index contributed by atoms with van der Waals surface area (Å²) in [5.41, 5.74) is 1.11. The second kappa shape index (κ2) is 7.31. The molecule has 0 spiro atoms. The Morgan fingerprint density at radius 2 is 2.26 bits per heavy atom. The highest BCUT2D eigenvalue weighted by atomic mass is 16.5. The second-order valence-corrected chi connectivity index (χ2v) is 5.09. The van der Waals surface area contributed by atoms with E-state index in [9.17, 15) is 5.11 Å². The Hall–Kier alpha value is -1.32. The average molecular weight is 261 g/mol. The van der Waals surface area contributed by atoms with Crippen LogP contribution in [0.3, 0.4) is 0 Å². The standard InChI is InChI=1S/C16H23NO2/c1-19-16-9-3-2-7-15(16)8-5-11-17-10-4-6-14(12-17)13-18/h2-3,5,7-9,14,18H,4,6,10-13H2,1H3/b8-5-. The molecule has 1 N–H and O–H groups in total. The molecule has 0 aromatic heterocycles. The van der Waals surface area contributed by atoms with Crippen LogP contribution in [0.25, 0.3) is 6.08 Å². The van der Waals surface area contributed by atoms with Crippen molar-refractivity contribution in [1.82, 2.24) is 4.90 Å². The third kappa shape index (κ3) is 4.08. The SMILES string of the molecule is COc1ccccc1/C=C\CN1CCCC(CO)C1. The molecular weight excluding hydrogens is 238 g/mol. The van der Waals surface area contributed by atoms with Gasteiger partial charge in [0.2, 0.25) is 0 Å². The van der Waals surface area contributed by atoms with Gasteiger partial charge in [-0.1, -0.05) is 30.4 Å². The van der Waals surface area contributed by atoms with Crippen LogP contribution in [-0.4, -0.2) is 43.4 Å². The maximum atomic E-state index is 9.22. The number of aliphatic hydroxyl groups is 1. The predicted molar refractivity (Wildman–Crippen MR) is 78.3 cm³/mol. The molecule has 0 bridgehead atoms. The minimum absolute atomic E-state index is 0.312. The molecule has 0 radical (unpaired) electrons. The molecule has 1 unspecified atom stereocenters. The predicted octanol–water partition coefficient (Wildman–Crippen LogP) is 2.41. The molecule has 0 saturated carbocycles. The molecule has 0 aliphatic carbocycles. The van der Waals surface area contributed by atoms with Crippen molar-refractivity contribution in [2.45, 2.75) is 12.8 Å². The van der Waals surface area contributed by atoms with Crippen molar-refractivity contribution in [1.29, 1.82) is 0 Å². The van der Waals surface area contributed by atoms with Gasteiger partial charge in [-0.05, 0) is 31.4 Å². The van der Waals surface area contributed by atoms with E-state index < -0.39 is 0 Å². The quantitative estimate of drug-likeness (QED) is 0.883. The summed E-state index contributed by atoms with van der Waals surface area (Å²) in [6.45, 7) is 3.39. The molecule has 3 heteroatoms. The summed E-state index contributed by atoms with van der Waals surface area (Å²) in [6, 6.07) is 8.03. The summed E-state index contributed by atoms with van der Waals surface area (Å²) in [4.78, 5) is 2.40. The lowest BCUT2D eigenvalue weighted by atomic mass is 9.99. The van der Waals surface area contributed by atoms with Gasteiger partial charge >= 0.3 is 0 Å². The first-order chi connectivity index (χ1) is 9.33. The highest BCUT2D eigenvalue weighted by Crippen LogP contribution is 2.19. The van der Waals surface area contributed by atoms with Crippen LogP contribution in [-0.2, 0) is 0 Å². The van der Waals surface area contributed by atoms with Gasteiger partial charge in [-0.15, -0.1) is 0 Å². The fraction of sp³-hybridized carbons (Fsp3) is 0.500. The molecule has 19 heavy (non-hydrogen) atoms. The fourth-order valence-corrected chi connectivity index (χ4v) is 2.60. The van der Waals surface area contributed by atoms with Crippen LogP contribution in [0.1, 0.15) is 18.4 Å². The lowest BCUT2D eigenvalue weighted by Gasteiger charge is -2.30. The van der Waals surface area contributed by atoms with Crippen molar-refractivity contribution in [3.05, 3.63) is 35.9 Å². The molecular formula is C16H23NO2. The number of benzene rings is 1. The molecule has 1 fully saturated rings. The number of methoxy groups -OCH3 is 1. The zero-order chi connectivity index (χ0) is 13.5. The smallest absolute Gasteiger partial charge is 0.126 e. The minimum atomic E-state index is 0.312. The van der Waals surface area contributed by atoms with Gasteiger partial charge in [-0.25, -0.2) is 0 Å². The number of hydrogen-bond acceptors (Lipinski definition) is 3. The Labute approximate surface area is 115 Å². The van der Waals surface area contributed by atoms with E-state index >= 15 is 0 Å². The molecule has 3 nitrogen and oxygen atoms in total. The Balaban J connectivity index is 1.89. The number of rotatable bonds is 5. The molecule has 1 aliphatic heterocycles. The largest absolute Gasteiger partial charge is 0.496 e. The lowest BCUT2D eigenvalue weighted by Crippen LogP contribution is -2.36. The molecule has 2 rings (SSSR count). The van der Waals surface area contributed by atoms with Crippen LogP contribution in [0, 0.1) is 5.92 Å². The van der Waals surface area contributed by atoms with Gasteiger partial charge in [-0.3, -0.25) is 4.90 Å². The zero-order valence-electron chi connectivity index (χ0n) is 11.6. The fourth-order valence-electron chi connectivity index (χ4n) is 2.60. The number of hydrogen-bond donors (Lipinski definition) is 1. The number of aliphatic hydroxyl groups excluding tert-OH is 1. The molecule has 0 amide bonds. The minimum Gasteiger partial charge on any atom is -0.496 e. The Morgan fingerprint density at radius 1 is 1.42 bits per heavy atom. The van der Waals surface area contributed by atoms with Crippen LogP contribution in [0.4, 0.5) is 0 Å². The molecule has 1 saturated heterocycles. The maximum absolute atomic E-state index is 9.22. The number of piperidine rings is 1. The van der Waals surface area contributed by atoms with Crippen LogP contribution in [0.15, 0.2) is 30.3 Å². The van der Waals surface area contributed by atoms with E-state index in [-0.39, 0.29) is 0 Å². The van der Waals surface area contributed by atoms with E-state index in [0.29, 0.717) is 12.5 Å². The third-order valence-corrected chi connectivity index (χ3v) is 3.66. The maximum Gasteiger partial charge on any atom is 0.126 e. The van der Waals surface area contributed by atoms with Crippen LogP contribution >= 0.6 is 0 Å². The van der Waals surface area contributed by atoms with E-state index in [4.69, 9.17) is 4.74 Å². The summed E-state index contributed by atoms with van der Waals surface area (Å²) in [5.74, 6) is 1.36. The number of para-hydroxylation sites is 1. The van der Waals surface area contributed by atoms with Crippen molar-refractivity contribution in [3.8, 4) is 5.75 Å². The second-order valence-electron chi connectivity index (χ2n) is 5.09. The highest BCUT2D eigenvalue weighted by Gasteiger charge is 2.17. The molecule has 1 heterocycles. The third-order valence-electron chi connectivity index (χ3n) is 3.66. The molecule has 1 aliphatic rings. The highest BCUT2D eigenvalue weighted by molar-refractivity contribution is 5.57. The monoisotopic (exact) mass is 261 g/mol. The first-order valence-corrected chi connectivity index (χ1v) is 6.96. The van der Waals surface area contributed by atoms with Crippen LogP contribution in [0.5, 0.6) is 5.75 Å². The van der Waals surface area contributed by atoms with Gasteiger partial charge in [0.15, 0.2) is 0 Å². The summed E-state index contributed by atoms with van der Waals surface area (Å²) >= 11 is 0. The summed E-state index contributed by atoms with van der Waals surface area (Å²) in [5, 5.41) is 9.22. The van der Waals surface area contributed by atoms with Gasteiger partial charge in [0, 0.05) is 25.3 Å². The van der Waals surface area contributed by atoms with Crippen molar-refractivity contribution in [2.75, 3.05) is 33.4 Å². The normalized spacial score (nSPS) is 20.8. The first kappa shape index (κ1) is 14.1. The van der Waals surface area contributed by atoms with Gasteiger partial charge < -0.3 is 9.84 Å². The Bertz CT molecular complexity index is 417. The van der Waals surface area contributed by atoms with E-state index in [1.807, 2.05) is 18.2 Å². The van der Waals surface area contributed by atoms with Crippen molar-refractivity contribution in [3.63, 3.8) is 0 Å². The van der Waals surface area contributed by atoms with E-state index in [2.05, 4.69) is 23.1 Å². The number of likely N-dealkylation sites (tertiary alicyclic amines) is 1. The topological polar surface area (TPSA) is 32.7 Å². The molecule has 104 valence electrons. The van der Waals surface area contributed by atoms with E-state index in [0.717, 1.165) is 37.4 Å². The van der Waals surface area contributed by atoms with Crippen molar-refractivity contribution >= 4 is 6.08 Å². The van der Waals surface area contributed by atoms with Gasteiger partial charge in [-0.2, -0.15) is 0 Å². The Morgan fingerprint density at radius 3 is 3.05 bits per heavy atom. The van der Waals surface area contributed by atoms with Crippen LogP contribution < -0.4 is 4.74 Å². The molecule has 1 aromatic rings. The molecule has 1 aromatic carbocycles. The first-order valence-electron chi connectivity index (χ1n) is 6.96. The number of ether oxygens (including phenoxy) is 1. The Kier molecular flexibility index (Phi) is 5.43. The van der Waals surface area contributed by atoms with Gasteiger partial charge in [0.25, 0.3) is 0 Å². The summed E-state index contributed by atoms with van der Waals surface area (Å²) in [7, 11) is 1.70. The lowest BCUT2D eigenvalue weighted by molar-refractivity contribution is 0.129. The number of nitrogens with zero attached hydrogens (tertiary/aromatic N) is 1. The summed E-state index contributed by atoms with van der Waals surface area (Å²) in [6.07, 6.45) is 6.63. The molecule has 1 atom stereocenters.